The van der Waals surface area contributed by atoms with Gasteiger partial charge in [-0.15, -0.1) is 10.2 Å². The molecular weight excluding hydrogens is 270 g/mol. The van der Waals surface area contributed by atoms with Gasteiger partial charge in [0.25, 0.3) is 0 Å². The summed E-state index contributed by atoms with van der Waals surface area (Å²) in [5, 5.41) is 13.9. The number of hydrogen-bond acceptors (Lipinski definition) is 4. The average Bonchev–Trinajstić information content (AvgIpc) is 2.94. The first-order valence-corrected chi connectivity index (χ1v) is 8.62. The van der Waals surface area contributed by atoms with Crippen molar-refractivity contribution < 1.29 is 4.79 Å². The van der Waals surface area contributed by atoms with Gasteiger partial charge in [-0.1, -0.05) is 50.4 Å². The van der Waals surface area contributed by atoms with E-state index in [1.165, 1.54) is 37.1 Å². The Kier molecular flexibility index (Phi) is 5.95. The van der Waals surface area contributed by atoms with Gasteiger partial charge in [-0.2, -0.15) is 0 Å². The summed E-state index contributed by atoms with van der Waals surface area (Å²) in [6.07, 6.45) is 9.65. The molecule has 1 saturated carbocycles. The van der Waals surface area contributed by atoms with E-state index >= 15 is 0 Å². The van der Waals surface area contributed by atoms with Crippen molar-refractivity contribution in [1.29, 1.82) is 0 Å². The van der Waals surface area contributed by atoms with E-state index < -0.39 is 0 Å². The number of unbranched alkanes of at least 4 members (excludes halogenated alkanes) is 1. The maximum absolute atomic E-state index is 11.3. The van der Waals surface area contributed by atoms with Gasteiger partial charge < -0.3 is 5.32 Å². The first-order chi connectivity index (χ1) is 9.70. The minimum atomic E-state index is 0.0144. The molecule has 2 rings (SSSR count). The fourth-order valence-corrected chi connectivity index (χ4v) is 3.91. The minimum absolute atomic E-state index is 0.0144. The Morgan fingerprint density at radius 3 is 2.75 bits per heavy atom. The van der Waals surface area contributed by atoms with Crippen molar-refractivity contribution in [2.24, 2.45) is 0 Å². The first kappa shape index (κ1) is 15.4. The van der Waals surface area contributed by atoms with Gasteiger partial charge in [-0.25, -0.2) is 0 Å². The lowest BCUT2D eigenvalue weighted by Crippen LogP contribution is -2.25. The average molecular weight is 295 g/mol. The van der Waals surface area contributed by atoms with Crippen LogP contribution < -0.4 is 5.32 Å². The molecule has 5 heteroatoms. The van der Waals surface area contributed by atoms with Crippen molar-refractivity contribution in [1.82, 2.24) is 15.5 Å². The second-order valence-corrected chi connectivity index (χ2v) is 6.75. The molecule has 1 N–H and O–H groups in total. The van der Waals surface area contributed by atoms with Gasteiger partial charge in [-0.3, -0.25) is 4.79 Å². The van der Waals surface area contributed by atoms with Gasteiger partial charge in [0.15, 0.2) is 0 Å². The molecule has 0 spiro atoms. The smallest absolute Gasteiger partial charge is 0.217 e. The SMILES string of the molecule is CCCCC(NC(C)=O)c1nnc(C2CCCCC2)s1. The second kappa shape index (κ2) is 7.72. The largest absolute Gasteiger partial charge is 0.347 e. The molecule has 112 valence electrons. The Hall–Kier alpha value is -0.970. The third-order valence-corrected chi connectivity index (χ3v) is 5.13. The standard InChI is InChI=1S/C15H25N3OS/c1-3-4-10-13(16-11(2)19)15-18-17-14(20-15)12-8-6-5-7-9-12/h12-13H,3-10H2,1-2H3,(H,16,19). The van der Waals surface area contributed by atoms with Crippen LogP contribution in [0.2, 0.25) is 0 Å². The quantitative estimate of drug-likeness (QED) is 0.864. The monoisotopic (exact) mass is 295 g/mol. The zero-order chi connectivity index (χ0) is 14.4. The van der Waals surface area contributed by atoms with Crippen molar-refractivity contribution in [3.8, 4) is 0 Å². The molecule has 0 aliphatic heterocycles. The third kappa shape index (κ3) is 4.27. The highest BCUT2D eigenvalue weighted by atomic mass is 32.1. The highest BCUT2D eigenvalue weighted by Gasteiger charge is 2.23. The molecule has 1 aliphatic carbocycles. The number of aromatic nitrogens is 2. The van der Waals surface area contributed by atoms with Crippen LogP contribution in [0, 0.1) is 0 Å². The van der Waals surface area contributed by atoms with Crippen LogP contribution in [-0.2, 0) is 4.79 Å². The molecule has 0 bridgehead atoms. The van der Waals surface area contributed by atoms with Crippen molar-refractivity contribution in [3.63, 3.8) is 0 Å². The van der Waals surface area contributed by atoms with Crippen LogP contribution in [0.5, 0.6) is 0 Å². The number of carbonyl (C=O) groups is 1. The number of amides is 1. The lowest BCUT2D eigenvalue weighted by atomic mass is 9.90. The lowest BCUT2D eigenvalue weighted by molar-refractivity contribution is -0.119. The Morgan fingerprint density at radius 2 is 2.10 bits per heavy atom. The first-order valence-electron chi connectivity index (χ1n) is 7.81. The van der Waals surface area contributed by atoms with Crippen LogP contribution in [0.15, 0.2) is 0 Å². The van der Waals surface area contributed by atoms with E-state index in [-0.39, 0.29) is 11.9 Å². The van der Waals surface area contributed by atoms with Crippen molar-refractivity contribution in [2.75, 3.05) is 0 Å². The van der Waals surface area contributed by atoms with Crippen molar-refractivity contribution >= 4 is 17.2 Å². The fraction of sp³-hybridized carbons (Fsp3) is 0.800. The van der Waals surface area contributed by atoms with Crippen molar-refractivity contribution in [3.05, 3.63) is 10.0 Å². The molecule has 4 nitrogen and oxygen atoms in total. The molecule has 1 heterocycles. The number of nitrogens with zero attached hydrogens (tertiary/aromatic N) is 2. The molecule has 0 aromatic carbocycles. The minimum Gasteiger partial charge on any atom is -0.347 e. The van der Waals surface area contributed by atoms with Crippen molar-refractivity contribution in [2.45, 2.75) is 77.2 Å². The Morgan fingerprint density at radius 1 is 1.35 bits per heavy atom. The zero-order valence-corrected chi connectivity index (χ0v) is 13.3. The molecule has 1 fully saturated rings. The normalized spacial score (nSPS) is 17.9. The van der Waals surface area contributed by atoms with E-state index in [4.69, 9.17) is 0 Å². The molecular formula is C15H25N3OS. The highest BCUT2D eigenvalue weighted by Crippen LogP contribution is 2.35. The topological polar surface area (TPSA) is 54.9 Å². The molecule has 1 amide bonds. The van der Waals surface area contributed by atoms with Crippen LogP contribution in [0.1, 0.15) is 87.2 Å². The predicted molar refractivity (Wildman–Crippen MR) is 81.8 cm³/mol. The van der Waals surface area contributed by atoms with Gasteiger partial charge in [0.05, 0.1) is 6.04 Å². The summed E-state index contributed by atoms with van der Waals surface area (Å²) in [6, 6.07) is 0.0438. The summed E-state index contributed by atoms with van der Waals surface area (Å²) < 4.78 is 0. The molecule has 0 radical (unpaired) electrons. The van der Waals surface area contributed by atoms with E-state index in [0.717, 1.165) is 24.3 Å². The third-order valence-electron chi connectivity index (χ3n) is 3.93. The van der Waals surface area contributed by atoms with Crippen LogP contribution in [0.25, 0.3) is 0 Å². The van der Waals surface area contributed by atoms with E-state index in [2.05, 4.69) is 22.4 Å². The summed E-state index contributed by atoms with van der Waals surface area (Å²) in [6.45, 7) is 3.74. The molecule has 0 saturated heterocycles. The molecule has 20 heavy (non-hydrogen) atoms. The summed E-state index contributed by atoms with van der Waals surface area (Å²) in [5.41, 5.74) is 0. The Balaban J connectivity index is 2.04. The van der Waals surface area contributed by atoms with E-state index in [0.29, 0.717) is 5.92 Å². The summed E-state index contributed by atoms with van der Waals surface area (Å²) in [4.78, 5) is 11.3. The second-order valence-electron chi connectivity index (χ2n) is 5.71. The molecule has 1 aromatic heterocycles. The zero-order valence-electron chi connectivity index (χ0n) is 12.5. The summed E-state index contributed by atoms with van der Waals surface area (Å²) in [7, 11) is 0. The van der Waals surface area contributed by atoms with E-state index in [1.54, 1.807) is 18.3 Å². The Bertz CT molecular complexity index is 427. The lowest BCUT2D eigenvalue weighted by Gasteiger charge is -2.18. The number of carbonyl (C=O) groups excluding carboxylic acids is 1. The van der Waals surface area contributed by atoms with Gasteiger partial charge in [0.2, 0.25) is 5.91 Å². The predicted octanol–water partition coefficient (Wildman–Crippen LogP) is 3.95. The highest BCUT2D eigenvalue weighted by molar-refractivity contribution is 7.11. The van der Waals surface area contributed by atoms with E-state index in [9.17, 15) is 4.79 Å². The van der Waals surface area contributed by atoms with Crippen LogP contribution in [0.4, 0.5) is 0 Å². The number of rotatable bonds is 6. The Labute approximate surface area is 125 Å². The van der Waals surface area contributed by atoms with Crippen LogP contribution >= 0.6 is 11.3 Å². The van der Waals surface area contributed by atoms with Gasteiger partial charge in [-0.05, 0) is 19.3 Å². The fourth-order valence-electron chi connectivity index (χ4n) is 2.81. The summed E-state index contributed by atoms with van der Waals surface area (Å²) in [5.74, 6) is 0.611. The molecule has 1 unspecified atom stereocenters. The number of hydrogen-bond donors (Lipinski definition) is 1. The number of nitrogens with one attached hydrogen (secondary N) is 1. The van der Waals surface area contributed by atoms with Crippen LogP contribution in [-0.4, -0.2) is 16.1 Å². The van der Waals surface area contributed by atoms with Gasteiger partial charge in [0, 0.05) is 12.8 Å². The molecule has 1 aromatic rings. The summed E-state index contributed by atoms with van der Waals surface area (Å²) >= 11 is 1.70. The van der Waals surface area contributed by atoms with E-state index in [1.807, 2.05) is 0 Å². The maximum atomic E-state index is 11.3. The molecule has 1 atom stereocenters. The maximum Gasteiger partial charge on any atom is 0.217 e. The van der Waals surface area contributed by atoms with Gasteiger partial charge >= 0.3 is 0 Å². The van der Waals surface area contributed by atoms with Gasteiger partial charge in [0.1, 0.15) is 10.0 Å². The van der Waals surface area contributed by atoms with Crippen LogP contribution in [0.3, 0.4) is 0 Å². The molecule has 1 aliphatic rings.